The SMILES string of the molecule is COC(=O)/C=C/c1c(CCCBr)ccc2cc3ccccc3cc12. The van der Waals surface area contributed by atoms with Crippen LogP contribution in [0.15, 0.2) is 54.6 Å². The summed E-state index contributed by atoms with van der Waals surface area (Å²) in [6.07, 6.45) is 5.40. The van der Waals surface area contributed by atoms with E-state index < -0.39 is 0 Å². The zero-order valence-electron chi connectivity index (χ0n) is 13.6. The second-order valence-corrected chi connectivity index (χ2v) is 6.50. The number of methoxy groups -OCH3 is 1. The Morgan fingerprint density at radius 2 is 1.83 bits per heavy atom. The highest BCUT2D eigenvalue weighted by atomic mass is 79.9. The lowest BCUT2D eigenvalue weighted by Crippen LogP contribution is -1.96. The van der Waals surface area contributed by atoms with E-state index in [1.54, 1.807) is 0 Å². The average Bonchev–Trinajstić information content (AvgIpc) is 2.62. The lowest BCUT2D eigenvalue weighted by Gasteiger charge is -2.11. The summed E-state index contributed by atoms with van der Waals surface area (Å²) >= 11 is 3.50. The minimum atomic E-state index is -0.334. The number of benzene rings is 3. The molecular weight excluding hydrogens is 364 g/mol. The van der Waals surface area contributed by atoms with E-state index >= 15 is 0 Å². The molecule has 122 valence electrons. The van der Waals surface area contributed by atoms with Gasteiger partial charge >= 0.3 is 5.97 Å². The first-order valence-corrected chi connectivity index (χ1v) is 9.11. The van der Waals surface area contributed by atoms with Crippen LogP contribution in [0.2, 0.25) is 0 Å². The molecule has 0 saturated heterocycles. The molecule has 0 aliphatic rings. The van der Waals surface area contributed by atoms with Crippen molar-refractivity contribution in [2.45, 2.75) is 12.8 Å². The van der Waals surface area contributed by atoms with Gasteiger partial charge in [0.05, 0.1) is 7.11 Å². The van der Waals surface area contributed by atoms with Crippen molar-refractivity contribution in [2.24, 2.45) is 0 Å². The number of rotatable bonds is 5. The van der Waals surface area contributed by atoms with Gasteiger partial charge in [0.25, 0.3) is 0 Å². The molecule has 3 rings (SSSR count). The fourth-order valence-corrected chi connectivity index (χ4v) is 3.25. The zero-order chi connectivity index (χ0) is 16.9. The van der Waals surface area contributed by atoms with Crippen LogP contribution in [-0.4, -0.2) is 18.4 Å². The Kier molecular flexibility index (Phi) is 5.31. The zero-order valence-corrected chi connectivity index (χ0v) is 15.2. The van der Waals surface area contributed by atoms with Gasteiger partial charge < -0.3 is 4.74 Å². The van der Waals surface area contributed by atoms with E-state index in [1.807, 2.05) is 12.1 Å². The highest BCUT2D eigenvalue weighted by Crippen LogP contribution is 2.29. The Balaban J connectivity index is 2.21. The van der Waals surface area contributed by atoms with Crippen LogP contribution in [0.5, 0.6) is 0 Å². The van der Waals surface area contributed by atoms with Gasteiger partial charge in [0.15, 0.2) is 0 Å². The quantitative estimate of drug-likeness (QED) is 0.251. The first-order valence-electron chi connectivity index (χ1n) is 7.99. The molecule has 0 heterocycles. The smallest absolute Gasteiger partial charge is 0.330 e. The molecule has 0 unspecified atom stereocenters. The van der Waals surface area contributed by atoms with Crippen LogP contribution in [0.1, 0.15) is 17.5 Å². The summed E-state index contributed by atoms with van der Waals surface area (Å²) in [5.74, 6) is -0.334. The summed E-state index contributed by atoms with van der Waals surface area (Å²) in [5, 5.41) is 5.74. The summed E-state index contributed by atoms with van der Waals surface area (Å²) < 4.78 is 4.74. The van der Waals surface area contributed by atoms with Gasteiger partial charge in [0.1, 0.15) is 0 Å². The number of carbonyl (C=O) groups excluding carboxylic acids is 1. The van der Waals surface area contributed by atoms with E-state index in [4.69, 9.17) is 4.74 Å². The normalized spacial score (nSPS) is 11.4. The van der Waals surface area contributed by atoms with Gasteiger partial charge in [0, 0.05) is 11.4 Å². The van der Waals surface area contributed by atoms with E-state index in [9.17, 15) is 4.79 Å². The number of fused-ring (bicyclic) bond motifs is 2. The largest absolute Gasteiger partial charge is 0.466 e. The minimum Gasteiger partial charge on any atom is -0.466 e. The predicted octanol–water partition coefficient (Wildman–Crippen LogP) is 5.51. The van der Waals surface area contributed by atoms with Gasteiger partial charge in [-0.3, -0.25) is 0 Å². The highest BCUT2D eigenvalue weighted by Gasteiger charge is 2.08. The van der Waals surface area contributed by atoms with Gasteiger partial charge in [-0.05, 0) is 63.7 Å². The second kappa shape index (κ2) is 7.63. The molecule has 0 aliphatic heterocycles. The molecule has 3 heteroatoms. The fourth-order valence-electron chi connectivity index (χ4n) is 2.97. The van der Waals surface area contributed by atoms with Gasteiger partial charge in [-0.1, -0.05) is 52.3 Å². The summed E-state index contributed by atoms with van der Waals surface area (Å²) in [6.45, 7) is 0. The first-order chi connectivity index (χ1) is 11.7. The maximum atomic E-state index is 11.5. The Hall–Kier alpha value is -2.13. The number of halogens is 1. The monoisotopic (exact) mass is 382 g/mol. The number of hydrogen-bond acceptors (Lipinski definition) is 2. The molecule has 0 N–H and O–H groups in total. The van der Waals surface area contributed by atoms with Gasteiger partial charge in [-0.25, -0.2) is 4.79 Å². The molecule has 0 amide bonds. The Morgan fingerprint density at radius 1 is 1.08 bits per heavy atom. The Bertz CT molecular complexity index is 912. The molecule has 24 heavy (non-hydrogen) atoms. The molecular formula is C21H19BrO2. The lowest BCUT2D eigenvalue weighted by atomic mass is 9.94. The maximum absolute atomic E-state index is 11.5. The van der Waals surface area contributed by atoms with Crippen LogP contribution < -0.4 is 0 Å². The molecule has 2 nitrogen and oxygen atoms in total. The second-order valence-electron chi connectivity index (χ2n) is 5.71. The van der Waals surface area contributed by atoms with Gasteiger partial charge in [-0.2, -0.15) is 0 Å². The van der Waals surface area contributed by atoms with Crippen LogP contribution in [0, 0.1) is 0 Å². The first kappa shape index (κ1) is 16.7. The molecule has 0 aliphatic carbocycles. The number of ether oxygens (including phenoxy) is 1. The summed E-state index contributed by atoms with van der Waals surface area (Å²) in [5.41, 5.74) is 2.35. The van der Waals surface area contributed by atoms with E-state index in [2.05, 4.69) is 58.4 Å². The predicted molar refractivity (Wildman–Crippen MR) is 105 cm³/mol. The molecule has 0 bridgehead atoms. The third-order valence-electron chi connectivity index (χ3n) is 4.19. The van der Waals surface area contributed by atoms with Crippen LogP contribution in [-0.2, 0) is 16.0 Å². The molecule has 0 aromatic heterocycles. The number of carbonyl (C=O) groups is 1. The molecule has 0 atom stereocenters. The average molecular weight is 383 g/mol. The Morgan fingerprint density at radius 3 is 2.54 bits per heavy atom. The van der Waals surface area contributed by atoms with E-state index in [1.165, 1.54) is 40.3 Å². The van der Waals surface area contributed by atoms with Crippen molar-refractivity contribution in [1.29, 1.82) is 0 Å². The minimum absolute atomic E-state index is 0.334. The molecule has 3 aromatic carbocycles. The molecule has 0 radical (unpaired) electrons. The summed E-state index contributed by atoms with van der Waals surface area (Å²) in [6, 6.07) is 17.1. The van der Waals surface area contributed by atoms with Crippen LogP contribution in [0.25, 0.3) is 27.6 Å². The summed E-state index contributed by atoms with van der Waals surface area (Å²) in [7, 11) is 1.40. The third kappa shape index (κ3) is 3.51. The van der Waals surface area contributed by atoms with Crippen molar-refractivity contribution < 1.29 is 9.53 Å². The van der Waals surface area contributed by atoms with Crippen molar-refractivity contribution in [3.63, 3.8) is 0 Å². The van der Waals surface area contributed by atoms with Gasteiger partial charge in [0.2, 0.25) is 0 Å². The number of esters is 1. The van der Waals surface area contributed by atoms with E-state index in [-0.39, 0.29) is 5.97 Å². The number of alkyl halides is 1. The lowest BCUT2D eigenvalue weighted by molar-refractivity contribution is -0.134. The van der Waals surface area contributed by atoms with Crippen molar-refractivity contribution in [3.8, 4) is 0 Å². The van der Waals surface area contributed by atoms with Crippen molar-refractivity contribution in [3.05, 3.63) is 65.7 Å². The van der Waals surface area contributed by atoms with E-state index in [0.717, 1.165) is 23.7 Å². The molecule has 0 spiro atoms. The van der Waals surface area contributed by atoms with Crippen molar-refractivity contribution >= 4 is 49.5 Å². The fraction of sp³-hybridized carbons (Fsp3) is 0.190. The van der Waals surface area contributed by atoms with Crippen LogP contribution in [0.3, 0.4) is 0 Å². The highest BCUT2D eigenvalue weighted by molar-refractivity contribution is 9.09. The number of aryl methyl sites for hydroxylation is 1. The van der Waals surface area contributed by atoms with E-state index in [0.29, 0.717) is 0 Å². The maximum Gasteiger partial charge on any atom is 0.330 e. The van der Waals surface area contributed by atoms with Crippen molar-refractivity contribution in [2.75, 3.05) is 12.4 Å². The van der Waals surface area contributed by atoms with Crippen molar-refractivity contribution in [1.82, 2.24) is 0 Å². The molecule has 3 aromatic rings. The standard InChI is InChI=1S/C21H19BrO2/c1-24-21(23)11-10-19-15(7-4-12-22)8-9-18-13-16-5-2-3-6-17(16)14-20(18)19/h2-3,5-6,8-11,13-14H,4,7,12H2,1H3/b11-10+. The third-order valence-corrected chi connectivity index (χ3v) is 4.75. The number of hydrogen-bond donors (Lipinski definition) is 0. The van der Waals surface area contributed by atoms with Crippen LogP contribution >= 0.6 is 15.9 Å². The molecule has 0 fully saturated rings. The Labute approximate surface area is 150 Å². The van der Waals surface area contributed by atoms with Gasteiger partial charge in [-0.15, -0.1) is 0 Å². The van der Waals surface area contributed by atoms with Crippen LogP contribution in [0.4, 0.5) is 0 Å². The molecule has 0 saturated carbocycles. The summed E-state index contributed by atoms with van der Waals surface area (Å²) in [4.78, 5) is 11.5. The topological polar surface area (TPSA) is 26.3 Å².